The fraction of sp³-hybridized carbons (Fsp3) is 0.474. The van der Waals surface area contributed by atoms with Gasteiger partial charge in [0.1, 0.15) is 13.1 Å². The summed E-state index contributed by atoms with van der Waals surface area (Å²) in [4.78, 5) is 20.4. The topological polar surface area (TPSA) is 154 Å². The van der Waals surface area contributed by atoms with E-state index >= 15 is 0 Å². The summed E-state index contributed by atoms with van der Waals surface area (Å²) in [5.74, 6) is -0.358. The highest BCUT2D eigenvalue weighted by Gasteiger charge is 2.13. The van der Waals surface area contributed by atoms with E-state index in [1.54, 1.807) is 11.8 Å². The van der Waals surface area contributed by atoms with Crippen LogP contribution in [0, 0.1) is 6.92 Å². The number of para-hydroxylation sites is 1. The second kappa shape index (κ2) is 49.3. The lowest BCUT2D eigenvalue weighted by Gasteiger charge is -2.26. The molecular formula is C57H90N4O6S3. The van der Waals surface area contributed by atoms with Crippen molar-refractivity contribution in [2.24, 2.45) is 10.8 Å². The summed E-state index contributed by atoms with van der Waals surface area (Å²) in [5.41, 5.74) is 13.7. The van der Waals surface area contributed by atoms with Gasteiger partial charge in [0.2, 0.25) is 0 Å². The molecule has 0 aliphatic rings. The van der Waals surface area contributed by atoms with Crippen LogP contribution in [0.2, 0.25) is 0 Å². The van der Waals surface area contributed by atoms with Gasteiger partial charge in [-0.3, -0.25) is 9.56 Å². The largest absolute Gasteiger partial charge is 0.396 e. The molecule has 4 aromatic rings. The zero-order chi connectivity index (χ0) is 53.3. The second-order valence-electron chi connectivity index (χ2n) is 15.9. The van der Waals surface area contributed by atoms with Crippen LogP contribution in [0.3, 0.4) is 0 Å². The van der Waals surface area contributed by atoms with E-state index in [1.807, 2.05) is 13.0 Å². The Bertz CT molecular complexity index is 1950. The lowest BCUT2D eigenvalue weighted by molar-refractivity contribution is -0.106. The van der Waals surface area contributed by atoms with E-state index in [-0.39, 0.29) is 18.8 Å². The standard InChI is InChI=1S/C40H49N3S.C6H14.C4H10.C3H8O4S.C2H4O.CH3NS.CH2O/c1-5-6-7-8-9-10-11-15-30-42(37-16-13-12-14-17-37)41-32-36-22-28-40(29-23-36)43(38-24-18-33(2)19-25-38)39-26-20-35(21-27-39)31-34(3)44-4;1-3-5-6-4-2;1-3-4-2;4-2-1-3-8(5,6)7;1-2-3;2-1-3;1-2/h12-14,16-29,31-32H,5-11,15,30H2,1-4H3;3-6H2,1-2H3;3-4H2,1-2H3;4H,1-3H2,(H,5,6,7);2H,1H3;1H,(H2,2,3);1H2/b34-31+,41-32+;;;;;;. The molecule has 0 aliphatic carbocycles. The fourth-order valence-electron chi connectivity index (χ4n) is 6.00. The SMILES string of the molecule is C=O.CC=O.CCCC.CCCCCC.CCCCCCCCCCN(/N=C/c1ccc(N(c2ccc(C)cc2)c2ccc(/C=C(\C)SC)cc2)cc1)c1ccccc1.NC=S.O=S(=O)(O)CCCO. The smallest absolute Gasteiger partial charge is 0.264 e. The number of nitrogens with zero attached hydrogens (tertiary/aromatic N) is 3. The quantitative estimate of drug-likeness (QED) is 0.0153. The van der Waals surface area contributed by atoms with Crippen LogP contribution in [0.1, 0.15) is 161 Å². The Morgan fingerprint density at radius 2 is 1.07 bits per heavy atom. The third kappa shape index (κ3) is 39.1. The van der Waals surface area contributed by atoms with Crippen LogP contribution >= 0.6 is 24.0 Å². The number of hydrazone groups is 1. The molecule has 0 aromatic heterocycles. The van der Waals surface area contributed by atoms with E-state index in [0.717, 1.165) is 53.1 Å². The highest BCUT2D eigenvalue weighted by atomic mass is 32.2. The van der Waals surface area contributed by atoms with Gasteiger partial charge in [-0.25, -0.2) is 0 Å². The predicted molar refractivity (Wildman–Crippen MR) is 312 cm³/mol. The Morgan fingerprint density at radius 3 is 1.46 bits per heavy atom. The van der Waals surface area contributed by atoms with Crippen molar-refractivity contribution in [3.8, 4) is 0 Å². The molecule has 0 saturated heterocycles. The van der Waals surface area contributed by atoms with Crippen molar-refractivity contribution in [1.82, 2.24) is 0 Å². The van der Waals surface area contributed by atoms with Crippen molar-refractivity contribution >= 4 is 87.7 Å². The summed E-state index contributed by atoms with van der Waals surface area (Å²) < 4.78 is 27.7. The summed E-state index contributed by atoms with van der Waals surface area (Å²) in [7, 11) is -3.85. The molecule has 0 fully saturated rings. The molecular weight excluding hydrogens is 933 g/mol. The van der Waals surface area contributed by atoms with Crippen LogP contribution < -0.4 is 15.6 Å². The highest BCUT2D eigenvalue weighted by molar-refractivity contribution is 8.02. The Labute approximate surface area is 435 Å². The Hall–Kier alpha value is -4.66. The number of hydrogen-bond acceptors (Lipinski definition) is 10. The van der Waals surface area contributed by atoms with Gasteiger partial charge >= 0.3 is 0 Å². The minimum Gasteiger partial charge on any atom is -0.396 e. The van der Waals surface area contributed by atoms with Gasteiger partial charge in [0.25, 0.3) is 10.1 Å². The normalized spacial score (nSPS) is 10.3. The first-order chi connectivity index (χ1) is 33.8. The number of hydrogen-bond donors (Lipinski definition) is 3. The van der Waals surface area contributed by atoms with Crippen LogP contribution in [0.4, 0.5) is 22.7 Å². The van der Waals surface area contributed by atoms with E-state index in [0.29, 0.717) is 0 Å². The molecule has 0 radical (unpaired) electrons. The summed E-state index contributed by atoms with van der Waals surface area (Å²) in [6.07, 6.45) is 25.8. The molecule has 4 aromatic carbocycles. The molecule has 4 N–H and O–H groups in total. The number of carbonyl (C=O) groups excluding carboxylic acids is 2. The maximum Gasteiger partial charge on any atom is 0.264 e. The number of aryl methyl sites for hydroxylation is 1. The number of anilines is 4. The van der Waals surface area contributed by atoms with E-state index in [9.17, 15) is 8.42 Å². The number of carbonyl (C=O) groups is 2. The van der Waals surface area contributed by atoms with Crippen LogP contribution in [-0.4, -0.2) is 68.0 Å². The van der Waals surface area contributed by atoms with E-state index in [2.05, 4.69) is 192 Å². The molecule has 0 heterocycles. The summed E-state index contributed by atoms with van der Waals surface area (Å²) >= 11 is 5.82. The summed E-state index contributed by atoms with van der Waals surface area (Å²) in [6.45, 7) is 19.5. The van der Waals surface area contributed by atoms with Gasteiger partial charge in [0.05, 0.1) is 23.1 Å². The Morgan fingerprint density at radius 1 is 0.671 bits per heavy atom. The Kier molecular flexibility index (Phi) is 49.0. The zero-order valence-electron chi connectivity index (χ0n) is 44.2. The maximum absolute atomic E-state index is 9.83. The molecule has 0 unspecified atom stereocenters. The lowest BCUT2D eigenvalue weighted by Crippen LogP contribution is -2.18. The van der Waals surface area contributed by atoms with Crippen molar-refractivity contribution in [2.75, 3.05) is 35.1 Å². The number of thioether (sulfide) groups is 1. The minimum atomic E-state index is -3.85. The number of thiocarbonyl (C=S) groups is 1. The first kappa shape index (κ1) is 69.6. The minimum absolute atomic E-state index is 0.0961. The van der Waals surface area contributed by atoms with Crippen LogP contribution in [0.5, 0.6) is 0 Å². The Balaban J connectivity index is -0.00000142. The second-order valence-corrected chi connectivity index (χ2v) is 18.8. The molecule has 0 spiro atoms. The number of aldehydes is 1. The first-order valence-electron chi connectivity index (χ1n) is 24.8. The third-order valence-corrected chi connectivity index (χ3v) is 11.5. The van der Waals surface area contributed by atoms with E-state index in [4.69, 9.17) is 24.3 Å². The van der Waals surface area contributed by atoms with Gasteiger partial charge in [0.15, 0.2) is 0 Å². The number of aliphatic hydroxyl groups excluding tert-OH is 1. The molecule has 0 amide bonds. The number of allylic oxidation sites excluding steroid dienone is 1. The maximum atomic E-state index is 9.83. The van der Waals surface area contributed by atoms with Gasteiger partial charge in [-0.2, -0.15) is 13.5 Å². The number of rotatable bonds is 24. The summed E-state index contributed by atoms with van der Waals surface area (Å²) in [6, 6.07) is 36.8. The predicted octanol–water partition coefficient (Wildman–Crippen LogP) is 15.7. The fourth-order valence-corrected chi connectivity index (χ4v) is 6.74. The van der Waals surface area contributed by atoms with Gasteiger partial charge in [0, 0.05) is 30.2 Å². The molecule has 4 rings (SSSR count). The lowest BCUT2D eigenvalue weighted by atomic mass is 10.1. The van der Waals surface area contributed by atoms with Crippen molar-refractivity contribution in [2.45, 2.75) is 152 Å². The molecule has 10 nitrogen and oxygen atoms in total. The monoisotopic (exact) mass is 1020 g/mol. The van der Waals surface area contributed by atoms with E-state index in [1.165, 1.54) is 106 Å². The van der Waals surface area contributed by atoms with Crippen molar-refractivity contribution in [1.29, 1.82) is 0 Å². The third-order valence-electron chi connectivity index (χ3n) is 9.93. The average Bonchev–Trinajstić information content (AvgIpc) is 3.37. The molecule has 70 heavy (non-hydrogen) atoms. The van der Waals surface area contributed by atoms with Crippen LogP contribution in [0.15, 0.2) is 113 Å². The number of benzene rings is 4. The number of aliphatic hydroxyl groups is 1. The van der Waals surface area contributed by atoms with Gasteiger partial charge in [-0.1, -0.05) is 190 Å². The summed E-state index contributed by atoms with van der Waals surface area (Å²) in [5, 5.41) is 15.2. The average molecular weight is 1020 g/mol. The van der Waals surface area contributed by atoms with Gasteiger partial charge in [-0.05, 0) is 111 Å². The van der Waals surface area contributed by atoms with Crippen LogP contribution in [-0.2, 0) is 19.7 Å². The number of unbranched alkanes of at least 4 members (excludes halogenated alkanes) is 11. The molecule has 0 atom stereocenters. The first-order valence-corrected chi connectivity index (χ1v) is 28.2. The van der Waals surface area contributed by atoms with Gasteiger partial charge < -0.3 is 25.3 Å². The van der Waals surface area contributed by atoms with E-state index < -0.39 is 10.1 Å². The van der Waals surface area contributed by atoms with Crippen LogP contribution in [0.25, 0.3) is 6.08 Å². The number of nitrogens with two attached hydrogens (primary N) is 1. The van der Waals surface area contributed by atoms with Crippen molar-refractivity contribution in [3.63, 3.8) is 0 Å². The zero-order valence-corrected chi connectivity index (χ0v) is 46.7. The molecule has 0 aliphatic heterocycles. The van der Waals surface area contributed by atoms with Gasteiger partial charge in [-0.15, -0.1) is 11.8 Å². The van der Waals surface area contributed by atoms with Crippen molar-refractivity contribution < 1.29 is 27.7 Å². The van der Waals surface area contributed by atoms with Crippen molar-refractivity contribution in [3.05, 3.63) is 125 Å². The molecule has 392 valence electrons. The molecule has 0 bridgehead atoms. The highest BCUT2D eigenvalue weighted by Crippen LogP contribution is 2.35. The molecule has 13 heteroatoms. The molecule has 0 saturated carbocycles.